The molecule has 1 rings (SSSR count). The Labute approximate surface area is 73.0 Å². The van der Waals surface area contributed by atoms with Crippen LogP contribution in [0.4, 0.5) is 13.2 Å². The lowest BCUT2D eigenvalue weighted by molar-refractivity contribution is -0.125. The number of halogens is 3. The van der Waals surface area contributed by atoms with Gasteiger partial charge in [0.25, 0.3) is 0 Å². The largest absolute Gasteiger partial charge is 0.445 e. The summed E-state index contributed by atoms with van der Waals surface area (Å²) in [5, 5.41) is 2.17. The van der Waals surface area contributed by atoms with Gasteiger partial charge < -0.3 is 9.73 Å². The minimum absolute atomic E-state index is 0.00660. The molecule has 0 unspecified atom stereocenters. The van der Waals surface area contributed by atoms with Crippen molar-refractivity contribution in [2.24, 2.45) is 0 Å². The highest BCUT2D eigenvalue weighted by Gasteiger charge is 2.26. The fourth-order valence-corrected chi connectivity index (χ4v) is 0.794. The van der Waals surface area contributed by atoms with Crippen LogP contribution in [0.3, 0.4) is 0 Å². The lowest BCUT2D eigenvalue weighted by atomic mass is 10.5. The molecule has 0 saturated carbocycles. The Hall–Kier alpha value is -1.04. The number of nitrogens with one attached hydrogen (secondary N) is 1. The second-order valence-corrected chi connectivity index (χ2v) is 2.58. The predicted octanol–water partition coefficient (Wildman–Crippen LogP) is 1.63. The van der Waals surface area contributed by atoms with Gasteiger partial charge in [0.2, 0.25) is 5.89 Å². The van der Waals surface area contributed by atoms with E-state index in [9.17, 15) is 13.2 Å². The Bertz CT molecular complexity index is 269. The van der Waals surface area contributed by atoms with Gasteiger partial charge >= 0.3 is 6.18 Å². The molecule has 6 heteroatoms. The van der Waals surface area contributed by atoms with Gasteiger partial charge in [0.05, 0.1) is 19.3 Å². The van der Waals surface area contributed by atoms with Gasteiger partial charge in [-0.1, -0.05) is 0 Å². The molecule has 13 heavy (non-hydrogen) atoms. The normalized spacial score (nSPS) is 12.0. The highest BCUT2D eigenvalue weighted by molar-refractivity contribution is 4.90. The molecule has 1 heterocycles. The van der Waals surface area contributed by atoms with Crippen LogP contribution in [0, 0.1) is 6.92 Å². The second-order valence-electron chi connectivity index (χ2n) is 2.58. The number of aryl methyl sites for hydroxylation is 1. The first-order valence-electron chi connectivity index (χ1n) is 3.66. The zero-order valence-electron chi connectivity index (χ0n) is 6.98. The zero-order valence-corrected chi connectivity index (χ0v) is 6.98. The number of nitrogens with zero attached hydrogens (tertiary/aromatic N) is 1. The van der Waals surface area contributed by atoms with E-state index >= 15 is 0 Å². The lowest BCUT2D eigenvalue weighted by Gasteiger charge is -2.05. The molecule has 0 saturated heterocycles. The summed E-state index contributed by atoms with van der Waals surface area (Å²) in [4.78, 5) is 3.74. The monoisotopic (exact) mass is 194 g/mol. The van der Waals surface area contributed by atoms with Crippen LogP contribution in [0.1, 0.15) is 11.7 Å². The van der Waals surface area contributed by atoms with Gasteiger partial charge in [-0.15, -0.1) is 0 Å². The molecule has 1 aromatic rings. The van der Waals surface area contributed by atoms with Crippen molar-refractivity contribution in [3.8, 4) is 0 Å². The van der Waals surface area contributed by atoms with Crippen LogP contribution >= 0.6 is 0 Å². The summed E-state index contributed by atoms with van der Waals surface area (Å²) < 4.78 is 39.9. The number of hydrogen-bond donors (Lipinski definition) is 1. The minimum atomic E-state index is -4.19. The fourth-order valence-electron chi connectivity index (χ4n) is 0.794. The van der Waals surface area contributed by atoms with E-state index in [4.69, 9.17) is 4.42 Å². The van der Waals surface area contributed by atoms with Crippen LogP contribution in [-0.4, -0.2) is 17.7 Å². The standard InChI is InChI=1S/C7H9F3N2O/c1-5-2-12-6(13-5)3-11-4-7(8,9)10/h2,11H,3-4H2,1H3. The smallest absolute Gasteiger partial charge is 0.401 e. The molecule has 0 aromatic carbocycles. The van der Waals surface area contributed by atoms with E-state index in [2.05, 4.69) is 10.3 Å². The lowest BCUT2D eigenvalue weighted by Crippen LogP contribution is -2.28. The Kier molecular flexibility index (Phi) is 2.92. The van der Waals surface area contributed by atoms with E-state index in [0.29, 0.717) is 5.76 Å². The number of oxazole rings is 1. The van der Waals surface area contributed by atoms with Crippen LogP contribution in [0.2, 0.25) is 0 Å². The van der Waals surface area contributed by atoms with E-state index in [0.717, 1.165) is 0 Å². The van der Waals surface area contributed by atoms with Crippen LogP contribution in [0.25, 0.3) is 0 Å². The SMILES string of the molecule is Cc1cnc(CNCC(F)(F)F)o1. The van der Waals surface area contributed by atoms with E-state index in [-0.39, 0.29) is 12.4 Å². The third-order valence-electron chi connectivity index (χ3n) is 1.27. The van der Waals surface area contributed by atoms with Gasteiger partial charge in [-0.3, -0.25) is 0 Å². The molecule has 0 spiro atoms. The van der Waals surface area contributed by atoms with Crippen LogP contribution < -0.4 is 5.32 Å². The molecule has 1 N–H and O–H groups in total. The van der Waals surface area contributed by atoms with E-state index < -0.39 is 12.7 Å². The van der Waals surface area contributed by atoms with Crippen molar-refractivity contribution in [3.05, 3.63) is 17.8 Å². The molecule has 74 valence electrons. The van der Waals surface area contributed by atoms with Crippen LogP contribution in [-0.2, 0) is 6.54 Å². The molecule has 0 aliphatic heterocycles. The Morgan fingerprint density at radius 3 is 2.69 bits per heavy atom. The number of rotatable bonds is 3. The fraction of sp³-hybridized carbons (Fsp3) is 0.571. The van der Waals surface area contributed by atoms with Crippen molar-refractivity contribution in [2.75, 3.05) is 6.54 Å². The summed E-state index contributed by atoms with van der Waals surface area (Å²) >= 11 is 0. The Balaban J connectivity index is 2.28. The molecule has 0 aliphatic rings. The topological polar surface area (TPSA) is 38.1 Å². The second kappa shape index (κ2) is 3.78. The molecular formula is C7H9F3N2O. The first-order chi connectivity index (χ1) is 5.97. The summed E-state index contributed by atoms with van der Waals surface area (Å²) in [6.45, 7) is 0.641. The zero-order chi connectivity index (χ0) is 9.90. The average Bonchev–Trinajstić information content (AvgIpc) is 2.33. The first kappa shape index (κ1) is 10.0. The van der Waals surface area contributed by atoms with Crippen molar-refractivity contribution in [1.29, 1.82) is 0 Å². The summed E-state index contributed by atoms with van der Waals surface area (Å²) in [5.74, 6) is 0.852. The van der Waals surface area contributed by atoms with Crippen LogP contribution in [0.15, 0.2) is 10.6 Å². The highest BCUT2D eigenvalue weighted by atomic mass is 19.4. The third-order valence-corrected chi connectivity index (χ3v) is 1.27. The van der Waals surface area contributed by atoms with Crippen molar-refractivity contribution >= 4 is 0 Å². The molecule has 0 atom stereocenters. The van der Waals surface area contributed by atoms with Gasteiger partial charge in [-0.05, 0) is 6.92 Å². The van der Waals surface area contributed by atoms with Crippen LogP contribution in [0.5, 0.6) is 0 Å². The number of alkyl halides is 3. The molecule has 0 bridgehead atoms. The first-order valence-corrected chi connectivity index (χ1v) is 3.66. The van der Waals surface area contributed by atoms with E-state index in [1.54, 1.807) is 6.92 Å². The molecule has 0 aliphatic carbocycles. The summed E-state index contributed by atoms with van der Waals surface area (Å²) in [5.41, 5.74) is 0. The minimum Gasteiger partial charge on any atom is -0.445 e. The summed E-state index contributed by atoms with van der Waals surface area (Å²) in [7, 11) is 0. The maximum absolute atomic E-state index is 11.7. The third kappa shape index (κ3) is 3.93. The van der Waals surface area contributed by atoms with Gasteiger partial charge in [-0.2, -0.15) is 13.2 Å². The van der Waals surface area contributed by atoms with Gasteiger partial charge in [-0.25, -0.2) is 4.98 Å². The van der Waals surface area contributed by atoms with Crippen molar-refractivity contribution < 1.29 is 17.6 Å². The van der Waals surface area contributed by atoms with Crippen molar-refractivity contribution in [3.63, 3.8) is 0 Å². The van der Waals surface area contributed by atoms with Crippen molar-refractivity contribution in [2.45, 2.75) is 19.6 Å². The molecule has 0 amide bonds. The molecular weight excluding hydrogens is 185 g/mol. The van der Waals surface area contributed by atoms with E-state index in [1.165, 1.54) is 6.20 Å². The summed E-state index contributed by atoms with van der Waals surface area (Å²) in [6, 6.07) is 0. The number of aromatic nitrogens is 1. The predicted molar refractivity (Wildman–Crippen MR) is 39.0 cm³/mol. The molecule has 1 aromatic heterocycles. The quantitative estimate of drug-likeness (QED) is 0.794. The maximum Gasteiger partial charge on any atom is 0.401 e. The molecule has 0 radical (unpaired) electrons. The highest BCUT2D eigenvalue weighted by Crippen LogP contribution is 2.12. The average molecular weight is 194 g/mol. The van der Waals surface area contributed by atoms with Gasteiger partial charge in [0, 0.05) is 0 Å². The van der Waals surface area contributed by atoms with Crippen molar-refractivity contribution in [1.82, 2.24) is 10.3 Å². The van der Waals surface area contributed by atoms with Gasteiger partial charge in [0.15, 0.2) is 0 Å². The Morgan fingerprint density at radius 1 is 1.54 bits per heavy atom. The molecule has 0 fully saturated rings. The number of hydrogen-bond acceptors (Lipinski definition) is 3. The maximum atomic E-state index is 11.7. The summed E-state index contributed by atoms with van der Waals surface area (Å²) in [6.07, 6.45) is -2.73. The van der Waals surface area contributed by atoms with E-state index in [1.807, 2.05) is 0 Å². The molecule has 3 nitrogen and oxygen atoms in total. The van der Waals surface area contributed by atoms with Gasteiger partial charge in [0.1, 0.15) is 5.76 Å². The Morgan fingerprint density at radius 2 is 2.23 bits per heavy atom.